The maximum atomic E-state index is 13.5. The Labute approximate surface area is 210 Å². The summed E-state index contributed by atoms with van der Waals surface area (Å²) in [6.45, 7) is 0. The van der Waals surface area contributed by atoms with Crippen LogP contribution in [0.5, 0.6) is 0 Å². The molecular formula is C34H24O2. The number of hydrogen-bond acceptors (Lipinski definition) is 2. The van der Waals surface area contributed by atoms with Gasteiger partial charge in [-0.3, -0.25) is 9.59 Å². The zero-order valence-corrected chi connectivity index (χ0v) is 19.8. The molecule has 2 nitrogen and oxygen atoms in total. The smallest absolute Gasteiger partial charge is 0.189 e. The molecule has 172 valence electrons. The van der Waals surface area contributed by atoms with Crippen LogP contribution in [0.15, 0.2) is 132 Å². The SMILES string of the molecule is O=C1C(Cc2ccccc2)=CC(=C2C=C(Cc3ccccc3)C(=O)c3ccccc32)c2ccccc21. The summed E-state index contributed by atoms with van der Waals surface area (Å²) < 4.78 is 0. The highest BCUT2D eigenvalue weighted by atomic mass is 16.1. The van der Waals surface area contributed by atoms with Gasteiger partial charge in [0.2, 0.25) is 0 Å². The highest BCUT2D eigenvalue weighted by Gasteiger charge is 2.29. The zero-order chi connectivity index (χ0) is 24.5. The molecular weight excluding hydrogens is 440 g/mol. The fourth-order valence-electron chi connectivity index (χ4n) is 5.15. The number of hydrogen-bond donors (Lipinski definition) is 0. The second-order valence-corrected chi connectivity index (χ2v) is 9.24. The second-order valence-electron chi connectivity index (χ2n) is 9.24. The minimum atomic E-state index is 0.0625. The van der Waals surface area contributed by atoms with Gasteiger partial charge in [0.15, 0.2) is 11.6 Å². The standard InChI is InChI=1S/C34H24O2/c35-33-25(19-23-11-3-1-4-12-23)21-31(27-15-7-9-17-29(27)33)32-22-26(20-24-13-5-2-6-14-24)34(36)30-18-10-8-16-28(30)32/h1-18,21-22H,19-20H2. The number of benzene rings is 4. The molecule has 0 aliphatic heterocycles. The molecule has 0 amide bonds. The molecule has 0 heterocycles. The molecule has 0 saturated carbocycles. The summed E-state index contributed by atoms with van der Waals surface area (Å²) in [5, 5.41) is 0. The quantitative estimate of drug-likeness (QED) is 0.317. The van der Waals surface area contributed by atoms with Gasteiger partial charge in [-0.05, 0) is 45.6 Å². The number of ketones is 2. The minimum absolute atomic E-state index is 0.0625. The van der Waals surface area contributed by atoms with E-state index in [0.29, 0.717) is 24.0 Å². The van der Waals surface area contributed by atoms with E-state index in [4.69, 9.17) is 0 Å². The fraction of sp³-hybridized carbons (Fsp3) is 0.0588. The maximum absolute atomic E-state index is 13.5. The number of carbonyl (C=O) groups excluding carboxylic acids is 2. The van der Waals surface area contributed by atoms with Crippen molar-refractivity contribution >= 4 is 22.7 Å². The third kappa shape index (κ3) is 3.97. The average molecular weight is 465 g/mol. The first-order valence-electron chi connectivity index (χ1n) is 12.2. The Morgan fingerprint density at radius 1 is 0.389 bits per heavy atom. The molecule has 0 saturated heterocycles. The van der Waals surface area contributed by atoms with E-state index in [9.17, 15) is 9.59 Å². The molecule has 2 aliphatic carbocycles. The van der Waals surface area contributed by atoms with Crippen molar-refractivity contribution in [3.63, 3.8) is 0 Å². The highest BCUT2D eigenvalue weighted by molar-refractivity contribution is 6.23. The normalized spacial score (nSPS) is 16.7. The number of rotatable bonds is 4. The van der Waals surface area contributed by atoms with Crippen molar-refractivity contribution in [2.45, 2.75) is 12.8 Å². The van der Waals surface area contributed by atoms with Gasteiger partial charge < -0.3 is 0 Å². The zero-order valence-electron chi connectivity index (χ0n) is 19.8. The van der Waals surface area contributed by atoms with Crippen LogP contribution in [0.4, 0.5) is 0 Å². The van der Waals surface area contributed by atoms with E-state index in [1.54, 1.807) is 0 Å². The fourth-order valence-corrected chi connectivity index (χ4v) is 5.15. The molecule has 0 atom stereocenters. The van der Waals surface area contributed by atoms with Crippen LogP contribution in [0.3, 0.4) is 0 Å². The van der Waals surface area contributed by atoms with Gasteiger partial charge in [0.05, 0.1) is 0 Å². The summed E-state index contributed by atoms with van der Waals surface area (Å²) in [5.41, 5.74) is 8.93. The van der Waals surface area contributed by atoms with E-state index in [1.807, 2.05) is 121 Å². The molecule has 0 radical (unpaired) electrons. The van der Waals surface area contributed by atoms with Crippen LogP contribution in [0.1, 0.15) is 43.0 Å². The number of Topliss-reactive ketones (excluding diaryl/α,β-unsaturated/α-hetero) is 2. The molecule has 6 rings (SSSR count). The van der Waals surface area contributed by atoms with Gasteiger partial charge in [0.1, 0.15) is 0 Å². The molecule has 4 aromatic rings. The van der Waals surface area contributed by atoms with Crippen LogP contribution in [0.2, 0.25) is 0 Å². The van der Waals surface area contributed by atoms with Gasteiger partial charge in [0.25, 0.3) is 0 Å². The first kappa shape index (κ1) is 21.9. The Morgan fingerprint density at radius 2 is 0.722 bits per heavy atom. The second kappa shape index (κ2) is 9.24. The van der Waals surface area contributed by atoms with E-state index in [0.717, 1.165) is 44.5 Å². The summed E-state index contributed by atoms with van der Waals surface area (Å²) in [4.78, 5) is 27.0. The lowest BCUT2D eigenvalue weighted by molar-refractivity contribution is 0.102. The van der Waals surface area contributed by atoms with Crippen LogP contribution in [0.25, 0.3) is 11.1 Å². The van der Waals surface area contributed by atoms with Crippen LogP contribution < -0.4 is 0 Å². The third-order valence-corrected chi connectivity index (χ3v) is 6.91. The lowest BCUT2D eigenvalue weighted by atomic mass is 9.77. The summed E-state index contributed by atoms with van der Waals surface area (Å²) in [6.07, 6.45) is 5.20. The molecule has 0 unspecified atom stereocenters. The maximum Gasteiger partial charge on any atom is 0.189 e. The van der Waals surface area contributed by atoms with Gasteiger partial charge in [-0.15, -0.1) is 0 Å². The van der Waals surface area contributed by atoms with Crippen LogP contribution >= 0.6 is 0 Å². The third-order valence-electron chi connectivity index (χ3n) is 6.91. The molecule has 0 spiro atoms. The molecule has 4 aromatic carbocycles. The number of fused-ring (bicyclic) bond motifs is 2. The highest BCUT2D eigenvalue weighted by Crippen LogP contribution is 2.40. The van der Waals surface area contributed by atoms with E-state index in [2.05, 4.69) is 0 Å². The Morgan fingerprint density at radius 3 is 1.11 bits per heavy atom. The van der Waals surface area contributed by atoms with Crippen molar-refractivity contribution in [3.05, 3.63) is 166 Å². The molecule has 0 bridgehead atoms. The van der Waals surface area contributed by atoms with Crippen molar-refractivity contribution in [1.82, 2.24) is 0 Å². The first-order valence-corrected chi connectivity index (χ1v) is 12.2. The molecule has 0 aromatic heterocycles. The van der Waals surface area contributed by atoms with Crippen molar-refractivity contribution in [2.75, 3.05) is 0 Å². The molecule has 36 heavy (non-hydrogen) atoms. The predicted octanol–water partition coefficient (Wildman–Crippen LogP) is 7.33. The number of allylic oxidation sites excluding steroid dienone is 6. The topological polar surface area (TPSA) is 34.1 Å². The Bertz CT molecular complexity index is 1460. The van der Waals surface area contributed by atoms with E-state index in [1.165, 1.54) is 0 Å². The van der Waals surface area contributed by atoms with Gasteiger partial charge >= 0.3 is 0 Å². The van der Waals surface area contributed by atoms with Gasteiger partial charge in [-0.25, -0.2) is 0 Å². The largest absolute Gasteiger partial charge is 0.289 e. The summed E-state index contributed by atoms with van der Waals surface area (Å²) in [6, 6.07) is 35.8. The first-order chi connectivity index (χ1) is 17.7. The summed E-state index contributed by atoms with van der Waals surface area (Å²) in [7, 11) is 0. The Hall–Kier alpha value is -4.56. The average Bonchev–Trinajstić information content (AvgIpc) is 2.93. The van der Waals surface area contributed by atoms with Crippen LogP contribution in [-0.2, 0) is 12.8 Å². The molecule has 0 N–H and O–H groups in total. The van der Waals surface area contributed by atoms with Crippen molar-refractivity contribution in [2.24, 2.45) is 0 Å². The Kier molecular flexibility index (Phi) is 5.63. The monoisotopic (exact) mass is 464 g/mol. The summed E-state index contributed by atoms with van der Waals surface area (Å²) in [5.74, 6) is 0.125. The van der Waals surface area contributed by atoms with Gasteiger partial charge in [-0.1, -0.05) is 109 Å². The molecule has 2 aliphatic rings. The lowest BCUT2D eigenvalue weighted by Crippen LogP contribution is -2.17. The predicted molar refractivity (Wildman–Crippen MR) is 145 cm³/mol. The van der Waals surface area contributed by atoms with Crippen LogP contribution in [-0.4, -0.2) is 11.6 Å². The molecule has 0 fully saturated rings. The summed E-state index contributed by atoms with van der Waals surface area (Å²) >= 11 is 0. The van der Waals surface area contributed by atoms with Crippen molar-refractivity contribution in [1.29, 1.82) is 0 Å². The van der Waals surface area contributed by atoms with E-state index < -0.39 is 0 Å². The van der Waals surface area contributed by atoms with E-state index >= 15 is 0 Å². The van der Waals surface area contributed by atoms with Crippen molar-refractivity contribution in [3.8, 4) is 0 Å². The number of carbonyl (C=O) groups is 2. The minimum Gasteiger partial charge on any atom is -0.289 e. The Balaban J connectivity index is 1.57. The van der Waals surface area contributed by atoms with E-state index in [-0.39, 0.29) is 11.6 Å². The van der Waals surface area contributed by atoms with Gasteiger partial charge in [0, 0.05) is 35.1 Å². The molecule has 2 heteroatoms. The van der Waals surface area contributed by atoms with Crippen LogP contribution in [0, 0.1) is 0 Å². The van der Waals surface area contributed by atoms with Gasteiger partial charge in [-0.2, -0.15) is 0 Å². The van der Waals surface area contributed by atoms with Crippen molar-refractivity contribution < 1.29 is 9.59 Å². The lowest BCUT2D eigenvalue weighted by Gasteiger charge is -2.25.